The van der Waals surface area contributed by atoms with Gasteiger partial charge in [-0.15, -0.1) is 11.5 Å². The third kappa shape index (κ3) is 10.3. The van der Waals surface area contributed by atoms with E-state index in [9.17, 15) is 19.8 Å². The molecular formula is C25H38O4Si. The highest BCUT2D eigenvalue weighted by atomic mass is 28.3. The number of allylic oxidation sites excluding steroid dienone is 1. The van der Waals surface area contributed by atoms with E-state index in [4.69, 9.17) is 0 Å². The fourth-order valence-corrected chi connectivity index (χ4v) is 4.19. The van der Waals surface area contributed by atoms with Gasteiger partial charge in [0.15, 0.2) is 0 Å². The van der Waals surface area contributed by atoms with E-state index >= 15 is 0 Å². The first-order valence-electron chi connectivity index (χ1n) is 11.2. The SMILES string of the molecule is CCCCC[C@@](O)(C#C[Si](C)(C)C)/C=C/CC#CCC[C@H](C(=O)O)[C@H]1CCCC1=O. The minimum absolute atomic E-state index is 0.0834. The Morgan fingerprint density at radius 3 is 2.60 bits per heavy atom. The van der Waals surface area contributed by atoms with Crippen LogP contribution in [0.5, 0.6) is 0 Å². The van der Waals surface area contributed by atoms with Crippen molar-refractivity contribution in [1.82, 2.24) is 0 Å². The van der Waals surface area contributed by atoms with Crippen LogP contribution in [0, 0.1) is 35.1 Å². The molecule has 0 spiro atoms. The van der Waals surface area contributed by atoms with Gasteiger partial charge in [0, 0.05) is 25.2 Å². The van der Waals surface area contributed by atoms with E-state index in [0.29, 0.717) is 38.5 Å². The van der Waals surface area contributed by atoms with Crippen molar-refractivity contribution >= 4 is 19.8 Å². The van der Waals surface area contributed by atoms with Gasteiger partial charge in [-0.1, -0.05) is 57.3 Å². The highest BCUT2D eigenvalue weighted by molar-refractivity contribution is 6.83. The minimum Gasteiger partial charge on any atom is -0.481 e. The smallest absolute Gasteiger partial charge is 0.307 e. The second-order valence-corrected chi connectivity index (χ2v) is 14.0. The van der Waals surface area contributed by atoms with Gasteiger partial charge >= 0.3 is 5.97 Å². The van der Waals surface area contributed by atoms with E-state index in [0.717, 1.165) is 25.7 Å². The molecule has 2 N–H and O–H groups in total. The number of carboxylic acid groups (broad SMARTS) is 1. The Balaban J connectivity index is 2.61. The van der Waals surface area contributed by atoms with Crippen LogP contribution in [0.2, 0.25) is 19.6 Å². The molecule has 0 radical (unpaired) electrons. The molecule has 1 fully saturated rings. The van der Waals surface area contributed by atoms with E-state index in [-0.39, 0.29) is 11.7 Å². The van der Waals surface area contributed by atoms with Gasteiger partial charge < -0.3 is 10.2 Å². The summed E-state index contributed by atoms with van der Waals surface area (Å²) in [7, 11) is -1.57. The molecular weight excluding hydrogens is 392 g/mol. The Bertz CT molecular complexity index is 726. The predicted octanol–water partition coefficient (Wildman–Crippen LogP) is 4.98. The monoisotopic (exact) mass is 430 g/mol. The van der Waals surface area contributed by atoms with E-state index in [2.05, 4.69) is 49.9 Å². The maximum absolute atomic E-state index is 11.9. The quantitative estimate of drug-likeness (QED) is 0.222. The van der Waals surface area contributed by atoms with Gasteiger partial charge in [0.1, 0.15) is 19.5 Å². The highest BCUT2D eigenvalue weighted by Crippen LogP contribution is 2.31. The number of hydrogen-bond acceptors (Lipinski definition) is 3. The van der Waals surface area contributed by atoms with Crippen LogP contribution in [0.4, 0.5) is 0 Å². The number of hydrogen-bond donors (Lipinski definition) is 2. The summed E-state index contributed by atoms with van der Waals surface area (Å²) < 4.78 is 0. The van der Waals surface area contributed by atoms with Gasteiger partial charge in [-0.3, -0.25) is 9.59 Å². The summed E-state index contributed by atoms with van der Waals surface area (Å²) in [5.41, 5.74) is 2.17. The number of carboxylic acids is 1. The lowest BCUT2D eigenvalue weighted by molar-refractivity contribution is -0.146. The third-order valence-corrected chi connectivity index (χ3v) is 6.16. The number of carbonyl (C=O) groups is 2. The molecule has 0 saturated heterocycles. The predicted molar refractivity (Wildman–Crippen MR) is 124 cm³/mol. The molecule has 1 aliphatic rings. The van der Waals surface area contributed by atoms with Gasteiger partial charge in [-0.25, -0.2) is 0 Å². The second kappa shape index (κ2) is 12.8. The van der Waals surface area contributed by atoms with Crippen LogP contribution in [-0.4, -0.2) is 35.6 Å². The van der Waals surface area contributed by atoms with Gasteiger partial charge in [-0.2, -0.15) is 0 Å². The van der Waals surface area contributed by atoms with E-state index in [1.54, 1.807) is 6.08 Å². The third-order valence-electron chi connectivity index (χ3n) is 5.29. The number of rotatable bonds is 10. The Morgan fingerprint density at radius 1 is 1.30 bits per heavy atom. The largest absolute Gasteiger partial charge is 0.481 e. The van der Waals surface area contributed by atoms with Crippen molar-refractivity contribution in [3.63, 3.8) is 0 Å². The normalized spacial score (nSPS) is 19.5. The Hall–Kier alpha value is -1.82. The zero-order valence-electron chi connectivity index (χ0n) is 19.1. The maximum atomic E-state index is 11.9. The summed E-state index contributed by atoms with van der Waals surface area (Å²) in [6, 6.07) is 0. The highest BCUT2D eigenvalue weighted by Gasteiger charge is 2.35. The number of carbonyl (C=O) groups excluding carboxylic acids is 1. The minimum atomic E-state index is -1.57. The van der Waals surface area contributed by atoms with Crippen molar-refractivity contribution in [3.8, 4) is 23.3 Å². The number of aliphatic hydroxyl groups is 1. The summed E-state index contributed by atoms with van der Waals surface area (Å²) in [6.07, 6.45) is 10.7. The van der Waals surface area contributed by atoms with Crippen LogP contribution in [0.15, 0.2) is 12.2 Å². The van der Waals surface area contributed by atoms with Crippen molar-refractivity contribution in [2.24, 2.45) is 11.8 Å². The van der Waals surface area contributed by atoms with Crippen LogP contribution in [0.3, 0.4) is 0 Å². The summed E-state index contributed by atoms with van der Waals surface area (Å²) in [6.45, 7) is 8.61. The zero-order chi connectivity index (χ0) is 22.6. The number of Topliss-reactive ketones (excluding diaryl/α,β-unsaturated/α-hetero) is 1. The second-order valence-electron chi connectivity index (χ2n) is 9.29. The van der Waals surface area contributed by atoms with E-state index in [1.807, 2.05) is 6.08 Å². The Labute approximate surface area is 183 Å². The van der Waals surface area contributed by atoms with Crippen molar-refractivity contribution in [2.75, 3.05) is 0 Å². The number of ketones is 1. The molecule has 0 heterocycles. The van der Waals surface area contributed by atoms with Crippen LogP contribution in [0.25, 0.3) is 0 Å². The first-order chi connectivity index (χ1) is 14.1. The molecule has 166 valence electrons. The number of aliphatic carboxylic acids is 1. The average Bonchev–Trinajstić information content (AvgIpc) is 3.07. The molecule has 1 aliphatic carbocycles. The molecule has 0 aromatic rings. The fraction of sp³-hybridized carbons (Fsp3) is 0.680. The molecule has 5 heteroatoms. The lowest BCUT2D eigenvalue weighted by atomic mass is 9.86. The Kier molecular flexibility index (Phi) is 11.2. The van der Waals surface area contributed by atoms with Crippen molar-refractivity contribution in [3.05, 3.63) is 12.2 Å². The first-order valence-corrected chi connectivity index (χ1v) is 14.7. The lowest BCUT2D eigenvalue weighted by Gasteiger charge is -2.19. The van der Waals surface area contributed by atoms with Gasteiger partial charge in [0.2, 0.25) is 0 Å². The first kappa shape index (κ1) is 26.2. The van der Waals surface area contributed by atoms with Gasteiger partial charge in [0.25, 0.3) is 0 Å². The molecule has 30 heavy (non-hydrogen) atoms. The number of unbranched alkanes of at least 4 members (excludes halogenated alkanes) is 2. The van der Waals surface area contributed by atoms with Crippen LogP contribution in [-0.2, 0) is 9.59 Å². The average molecular weight is 431 g/mol. The zero-order valence-corrected chi connectivity index (χ0v) is 20.1. The van der Waals surface area contributed by atoms with Crippen molar-refractivity contribution in [2.45, 2.75) is 96.4 Å². The van der Waals surface area contributed by atoms with E-state index in [1.165, 1.54) is 0 Å². The van der Waals surface area contributed by atoms with E-state index < -0.39 is 25.6 Å². The van der Waals surface area contributed by atoms with Gasteiger partial charge in [0.05, 0.1) is 5.92 Å². The molecule has 0 aromatic carbocycles. The van der Waals surface area contributed by atoms with Crippen LogP contribution < -0.4 is 0 Å². The maximum Gasteiger partial charge on any atom is 0.307 e. The molecule has 1 saturated carbocycles. The van der Waals surface area contributed by atoms with Crippen LogP contribution >= 0.6 is 0 Å². The van der Waals surface area contributed by atoms with Crippen LogP contribution in [0.1, 0.15) is 71.1 Å². The molecule has 1 rings (SSSR count). The van der Waals surface area contributed by atoms with Crippen molar-refractivity contribution < 1.29 is 19.8 Å². The fourth-order valence-electron chi connectivity index (χ4n) is 3.59. The Morgan fingerprint density at radius 2 is 2.03 bits per heavy atom. The molecule has 4 nitrogen and oxygen atoms in total. The molecule has 0 unspecified atom stereocenters. The summed E-state index contributed by atoms with van der Waals surface area (Å²) in [5, 5.41) is 20.3. The molecule has 0 amide bonds. The molecule has 0 aliphatic heterocycles. The molecule has 0 aromatic heterocycles. The topological polar surface area (TPSA) is 74.6 Å². The lowest BCUT2D eigenvalue weighted by Crippen LogP contribution is -2.26. The summed E-state index contributed by atoms with van der Waals surface area (Å²) in [5.74, 6) is 7.37. The van der Waals surface area contributed by atoms with Gasteiger partial charge in [-0.05, 0) is 38.2 Å². The van der Waals surface area contributed by atoms with Crippen molar-refractivity contribution in [1.29, 1.82) is 0 Å². The molecule has 3 atom stereocenters. The molecule has 0 bridgehead atoms. The standard InChI is InChI=1S/C25H38O4Si/c1-5-6-11-17-25(29,19-20-30(2,3)4)18-12-9-7-8-10-14-22(24(27)28)21-15-13-16-23(21)26/h12,18,21-22,29H,5-6,9-11,13-17H2,1-4H3,(H,27,28)/b18-12+/t21-,22+,25+/m1/s1. The summed E-state index contributed by atoms with van der Waals surface area (Å²) in [4.78, 5) is 23.4. The summed E-state index contributed by atoms with van der Waals surface area (Å²) >= 11 is 0.